The zero-order valence-electron chi connectivity index (χ0n) is 36.8. The lowest BCUT2D eigenvalue weighted by Crippen LogP contribution is -1.90. The molecule has 8 aromatic carbocycles. The van der Waals surface area contributed by atoms with Gasteiger partial charge in [-0.3, -0.25) is 0 Å². The molecule has 0 spiro atoms. The van der Waals surface area contributed by atoms with Crippen molar-refractivity contribution in [2.24, 2.45) is 0 Å². The average molecular weight is 600 g/mol. The Morgan fingerprint density at radius 2 is 1.09 bits per heavy atom. The van der Waals surface area contributed by atoms with E-state index in [1.165, 1.54) is 0 Å². The molecule has 0 fully saturated rings. The summed E-state index contributed by atoms with van der Waals surface area (Å²) in [5, 5.41) is 3.46. The maximum absolute atomic E-state index is 9.26. The van der Waals surface area contributed by atoms with E-state index in [1.807, 2.05) is 48.5 Å². The molecule has 214 valence electrons. The Balaban J connectivity index is 1.35. The molecule has 0 unspecified atom stereocenters. The van der Waals surface area contributed by atoms with Gasteiger partial charge < -0.3 is 8.83 Å². The average Bonchev–Trinajstić information content (AvgIpc) is 3.85. The fraction of sp³-hybridized carbons (Fsp3) is 0. The van der Waals surface area contributed by atoms with Crippen LogP contribution in [-0.2, 0) is 0 Å². The van der Waals surface area contributed by atoms with Gasteiger partial charge in [0.2, 0.25) is 0 Å². The summed E-state index contributed by atoms with van der Waals surface area (Å²) in [6.45, 7) is 0. The molecule has 2 heterocycles. The third kappa shape index (κ3) is 3.65. The van der Waals surface area contributed by atoms with Crippen molar-refractivity contribution in [1.29, 1.82) is 0 Å². The summed E-state index contributed by atoms with van der Waals surface area (Å²) in [6.07, 6.45) is 1.68. The van der Waals surface area contributed by atoms with Gasteiger partial charge in [-0.05, 0) is 90.5 Å². The topological polar surface area (TPSA) is 26.3 Å². The molecule has 0 N–H and O–H groups in total. The van der Waals surface area contributed by atoms with Crippen molar-refractivity contribution in [3.8, 4) is 33.4 Å². The first-order valence-corrected chi connectivity index (χ1v) is 14.6. The van der Waals surface area contributed by atoms with E-state index in [9.17, 15) is 5.48 Å². The van der Waals surface area contributed by atoms with Crippen molar-refractivity contribution < 1.29 is 26.7 Å². The summed E-state index contributed by atoms with van der Waals surface area (Å²) >= 11 is 0. The molecule has 0 saturated heterocycles. The quantitative estimate of drug-likeness (QED) is 0.189. The SMILES string of the molecule is [2H]c1c([2H])c([2H])c(-c2c3c([2H])c([2H])c([2H])c([2H])c3c(-c3ccc4c(c3)oc3c4ccc4occ(-c5ccc6ccccc6c5)c43)c3c([2H])c([2H])c([2H])c([2H])c23)c([2H])c1[2H]. The molecule has 0 radical (unpaired) electrons. The van der Waals surface area contributed by atoms with Gasteiger partial charge in [-0.15, -0.1) is 0 Å². The first-order valence-electron chi connectivity index (χ1n) is 21.1. The van der Waals surface area contributed by atoms with Crippen LogP contribution < -0.4 is 0 Å². The van der Waals surface area contributed by atoms with Gasteiger partial charge in [0.25, 0.3) is 0 Å². The molecule has 10 aromatic rings. The van der Waals surface area contributed by atoms with E-state index >= 15 is 0 Å². The molecule has 0 saturated carbocycles. The van der Waals surface area contributed by atoms with E-state index in [0.29, 0.717) is 22.1 Å². The zero-order valence-corrected chi connectivity index (χ0v) is 23.8. The fourth-order valence-corrected chi connectivity index (χ4v) is 6.62. The molecular formula is C44H26O2. The molecule has 2 heteroatoms. The van der Waals surface area contributed by atoms with E-state index in [0.717, 1.165) is 32.7 Å². The van der Waals surface area contributed by atoms with Crippen LogP contribution in [0, 0.1) is 0 Å². The molecule has 0 amide bonds. The van der Waals surface area contributed by atoms with E-state index in [2.05, 4.69) is 6.07 Å². The van der Waals surface area contributed by atoms with Crippen molar-refractivity contribution in [3.63, 3.8) is 0 Å². The van der Waals surface area contributed by atoms with Gasteiger partial charge in [0.05, 0.1) is 29.5 Å². The lowest BCUT2D eigenvalue weighted by molar-refractivity contribution is 0.616. The molecule has 0 bridgehead atoms. The Morgan fingerprint density at radius 3 is 1.83 bits per heavy atom. The van der Waals surface area contributed by atoms with Gasteiger partial charge in [-0.1, -0.05) is 121 Å². The molecular weight excluding hydrogens is 560 g/mol. The van der Waals surface area contributed by atoms with Crippen LogP contribution in [0.3, 0.4) is 0 Å². The Hall–Kier alpha value is -6.12. The Bertz CT molecular complexity index is 3440. The summed E-state index contributed by atoms with van der Waals surface area (Å²) in [4.78, 5) is 0. The third-order valence-electron chi connectivity index (χ3n) is 8.65. The predicted molar refractivity (Wildman–Crippen MR) is 192 cm³/mol. The van der Waals surface area contributed by atoms with Crippen LogP contribution in [0.5, 0.6) is 0 Å². The highest BCUT2D eigenvalue weighted by atomic mass is 16.3. The lowest BCUT2D eigenvalue weighted by atomic mass is 9.86. The molecule has 0 aliphatic carbocycles. The number of fused-ring (bicyclic) bond motifs is 8. The number of furan rings is 2. The number of rotatable bonds is 3. The van der Waals surface area contributed by atoms with Gasteiger partial charge in [-0.2, -0.15) is 0 Å². The highest BCUT2D eigenvalue weighted by molar-refractivity contribution is 6.23. The first kappa shape index (κ1) is 15.7. The minimum absolute atomic E-state index is 0.0257. The second kappa shape index (κ2) is 9.69. The van der Waals surface area contributed by atoms with Gasteiger partial charge in [0.15, 0.2) is 0 Å². The molecule has 46 heavy (non-hydrogen) atoms. The van der Waals surface area contributed by atoms with Gasteiger partial charge in [0.1, 0.15) is 16.7 Å². The monoisotopic (exact) mass is 599 g/mol. The van der Waals surface area contributed by atoms with Crippen LogP contribution in [0.2, 0.25) is 0 Å². The van der Waals surface area contributed by atoms with Gasteiger partial charge in [-0.25, -0.2) is 0 Å². The van der Waals surface area contributed by atoms with E-state index in [1.54, 1.807) is 24.5 Å². The second-order valence-corrected chi connectivity index (χ2v) is 11.1. The van der Waals surface area contributed by atoms with Crippen molar-refractivity contribution in [2.45, 2.75) is 0 Å². The second-order valence-electron chi connectivity index (χ2n) is 11.1. The summed E-state index contributed by atoms with van der Waals surface area (Å²) in [5.74, 6) is 0. The van der Waals surface area contributed by atoms with E-state index in [4.69, 9.17) is 21.2 Å². The van der Waals surface area contributed by atoms with Crippen molar-refractivity contribution >= 4 is 65.2 Å². The minimum atomic E-state index is -0.723. The molecule has 0 aliphatic rings. The predicted octanol–water partition coefficient (Wildman–Crippen LogP) is 12.8. The van der Waals surface area contributed by atoms with E-state index < -0.39 is 84.1 Å². The summed E-state index contributed by atoms with van der Waals surface area (Å²) in [5.41, 5.74) is 2.72. The normalized spacial score (nSPS) is 15.9. The highest BCUT2D eigenvalue weighted by Crippen LogP contribution is 2.46. The molecule has 10 rings (SSSR count). The van der Waals surface area contributed by atoms with Crippen LogP contribution in [0.15, 0.2) is 166 Å². The maximum Gasteiger partial charge on any atom is 0.147 e. The van der Waals surface area contributed by atoms with Crippen molar-refractivity contribution in [2.75, 3.05) is 0 Å². The fourth-order valence-electron chi connectivity index (χ4n) is 6.62. The molecule has 2 aromatic heterocycles. The van der Waals surface area contributed by atoms with Crippen LogP contribution in [-0.4, -0.2) is 0 Å². The summed E-state index contributed by atoms with van der Waals surface area (Å²) in [6, 6.07) is 14.5. The Morgan fingerprint density at radius 1 is 0.457 bits per heavy atom. The number of hydrogen-bond acceptors (Lipinski definition) is 2. The Kier molecular flexibility index (Phi) is 3.32. The standard InChI is InChI=1S/C44H26O2/c1-2-11-28(12-3-1)41-33-14-6-8-16-35(33)42(36-17-9-7-15-34(36)41)31-20-21-32-37-22-23-39-43(44(37)46-40(32)25-31)38(26-45-39)30-19-18-27-10-4-5-13-29(27)24-30/h1-26H/i1D,2D,3D,6D,7D,8D,9D,11D,12D,14D,15D,16D,17D. The van der Waals surface area contributed by atoms with Crippen LogP contribution in [0.25, 0.3) is 98.6 Å². The number of hydrogen-bond donors (Lipinski definition) is 0. The summed E-state index contributed by atoms with van der Waals surface area (Å²) in [7, 11) is 0. The maximum atomic E-state index is 9.26. The smallest absolute Gasteiger partial charge is 0.147 e. The van der Waals surface area contributed by atoms with Crippen LogP contribution in [0.4, 0.5) is 0 Å². The molecule has 0 atom stereocenters. The first-order chi connectivity index (χ1) is 28.2. The lowest BCUT2D eigenvalue weighted by Gasteiger charge is -2.17. The molecule has 0 aliphatic heterocycles. The van der Waals surface area contributed by atoms with Crippen molar-refractivity contribution in [1.82, 2.24) is 0 Å². The van der Waals surface area contributed by atoms with Crippen LogP contribution >= 0.6 is 0 Å². The van der Waals surface area contributed by atoms with Gasteiger partial charge >= 0.3 is 0 Å². The summed E-state index contributed by atoms with van der Waals surface area (Å²) < 4.78 is 127. The third-order valence-corrected chi connectivity index (χ3v) is 8.65. The van der Waals surface area contributed by atoms with Crippen molar-refractivity contribution in [3.05, 3.63) is 158 Å². The van der Waals surface area contributed by atoms with Crippen LogP contribution in [0.1, 0.15) is 17.8 Å². The van der Waals surface area contributed by atoms with E-state index in [-0.39, 0.29) is 38.2 Å². The number of benzene rings is 8. The highest BCUT2D eigenvalue weighted by Gasteiger charge is 2.20. The largest absolute Gasteiger partial charge is 0.464 e. The molecule has 2 nitrogen and oxygen atoms in total. The minimum Gasteiger partial charge on any atom is -0.464 e. The van der Waals surface area contributed by atoms with Gasteiger partial charge in [0, 0.05) is 16.3 Å². The Labute approximate surface area is 283 Å². The zero-order chi connectivity index (χ0) is 41.5.